The molecule has 2 heterocycles. The standard InChI is InChI=1S/C21H22N2O3S/c1-26-15-5-4-6-16(13-15)27-14-19(24)23-11-9-21(10-12-23)17-7-2-3-8-18(17)22-20(21)25/h2-8,13H,9-12,14H2,1H3,(H,22,25). The molecule has 2 aliphatic heterocycles. The van der Waals surface area contributed by atoms with Crippen molar-refractivity contribution in [2.24, 2.45) is 0 Å². The number of thioether (sulfide) groups is 1. The van der Waals surface area contributed by atoms with Gasteiger partial charge >= 0.3 is 0 Å². The molecule has 2 aliphatic rings. The van der Waals surface area contributed by atoms with Crippen molar-refractivity contribution in [2.75, 3.05) is 31.3 Å². The SMILES string of the molecule is COc1cccc(SCC(=O)N2CCC3(CC2)C(=O)Nc2ccccc23)c1. The molecule has 2 aromatic carbocycles. The number of carbonyl (C=O) groups is 2. The number of methoxy groups -OCH3 is 1. The second-order valence-electron chi connectivity index (χ2n) is 6.93. The number of carbonyl (C=O) groups excluding carboxylic acids is 2. The lowest BCUT2D eigenvalue weighted by Crippen LogP contribution is -2.48. The summed E-state index contributed by atoms with van der Waals surface area (Å²) in [6.45, 7) is 1.22. The van der Waals surface area contributed by atoms with Crippen LogP contribution >= 0.6 is 11.8 Å². The fraction of sp³-hybridized carbons (Fsp3) is 0.333. The normalized spacial score (nSPS) is 17.5. The quantitative estimate of drug-likeness (QED) is 0.825. The summed E-state index contributed by atoms with van der Waals surface area (Å²) in [6.07, 6.45) is 1.34. The maximum atomic E-state index is 12.6. The van der Waals surface area contributed by atoms with Gasteiger partial charge in [-0.05, 0) is 42.7 Å². The van der Waals surface area contributed by atoms with Crippen LogP contribution in [0.5, 0.6) is 5.75 Å². The summed E-state index contributed by atoms with van der Waals surface area (Å²) in [5, 5.41) is 3.00. The first-order chi connectivity index (χ1) is 13.1. The van der Waals surface area contributed by atoms with E-state index in [0.29, 0.717) is 31.7 Å². The molecule has 5 nitrogen and oxygen atoms in total. The van der Waals surface area contributed by atoms with Crippen LogP contribution in [0.3, 0.4) is 0 Å². The van der Waals surface area contributed by atoms with Crippen LogP contribution in [0.15, 0.2) is 53.4 Å². The van der Waals surface area contributed by atoms with E-state index in [9.17, 15) is 9.59 Å². The van der Waals surface area contributed by atoms with Gasteiger partial charge in [-0.1, -0.05) is 24.3 Å². The number of nitrogens with one attached hydrogen (secondary N) is 1. The van der Waals surface area contributed by atoms with E-state index in [1.165, 1.54) is 11.8 Å². The number of amides is 2. The number of benzene rings is 2. The second-order valence-corrected chi connectivity index (χ2v) is 7.98. The average Bonchev–Trinajstić information content (AvgIpc) is 2.98. The van der Waals surface area contributed by atoms with Crippen LogP contribution in [0, 0.1) is 0 Å². The molecule has 2 amide bonds. The highest BCUT2D eigenvalue weighted by molar-refractivity contribution is 8.00. The molecule has 1 saturated heterocycles. The van der Waals surface area contributed by atoms with Crippen molar-refractivity contribution in [1.29, 1.82) is 0 Å². The summed E-state index contributed by atoms with van der Waals surface area (Å²) in [6, 6.07) is 15.6. The van der Waals surface area contributed by atoms with Crippen molar-refractivity contribution >= 4 is 29.3 Å². The van der Waals surface area contributed by atoms with Gasteiger partial charge in [0.05, 0.1) is 18.3 Å². The number of fused-ring (bicyclic) bond motifs is 2. The number of rotatable bonds is 4. The number of anilines is 1. The van der Waals surface area contributed by atoms with E-state index >= 15 is 0 Å². The van der Waals surface area contributed by atoms with E-state index in [1.54, 1.807) is 7.11 Å². The molecule has 1 fully saturated rings. The van der Waals surface area contributed by atoms with E-state index in [1.807, 2.05) is 53.4 Å². The highest BCUT2D eigenvalue weighted by Gasteiger charge is 2.48. The maximum absolute atomic E-state index is 12.6. The van der Waals surface area contributed by atoms with Crippen LogP contribution in [-0.4, -0.2) is 42.7 Å². The molecule has 27 heavy (non-hydrogen) atoms. The zero-order valence-electron chi connectivity index (χ0n) is 15.2. The van der Waals surface area contributed by atoms with E-state index in [-0.39, 0.29) is 11.8 Å². The van der Waals surface area contributed by atoms with Crippen molar-refractivity contribution in [2.45, 2.75) is 23.2 Å². The molecule has 140 valence electrons. The van der Waals surface area contributed by atoms with Gasteiger partial charge in [0.15, 0.2) is 0 Å². The third-order valence-electron chi connectivity index (χ3n) is 5.50. The Bertz CT molecular complexity index is 875. The van der Waals surface area contributed by atoms with E-state index in [2.05, 4.69) is 5.32 Å². The number of likely N-dealkylation sites (tertiary alicyclic amines) is 1. The molecule has 0 radical (unpaired) electrons. The molecule has 2 aromatic rings. The highest BCUT2D eigenvalue weighted by Crippen LogP contribution is 2.44. The minimum absolute atomic E-state index is 0.0709. The summed E-state index contributed by atoms with van der Waals surface area (Å²) in [7, 11) is 1.63. The Morgan fingerprint density at radius 3 is 2.74 bits per heavy atom. The Kier molecular flexibility index (Phi) is 4.83. The van der Waals surface area contributed by atoms with Crippen molar-refractivity contribution < 1.29 is 14.3 Å². The van der Waals surface area contributed by atoms with Gasteiger partial charge in [0.1, 0.15) is 5.75 Å². The van der Waals surface area contributed by atoms with Gasteiger partial charge in [0.2, 0.25) is 11.8 Å². The lowest BCUT2D eigenvalue weighted by molar-refractivity contribution is -0.132. The van der Waals surface area contributed by atoms with Crippen LogP contribution in [0.1, 0.15) is 18.4 Å². The van der Waals surface area contributed by atoms with Crippen LogP contribution < -0.4 is 10.1 Å². The summed E-state index contributed by atoms with van der Waals surface area (Å²) in [5.41, 5.74) is 1.51. The second kappa shape index (κ2) is 7.27. The van der Waals surface area contributed by atoms with Gasteiger partial charge in [-0.2, -0.15) is 0 Å². The Hall–Kier alpha value is -2.47. The molecule has 0 aliphatic carbocycles. The monoisotopic (exact) mass is 382 g/mol. The van der Waals surface area contributed by atoms with E-state index in [4.69, 9.17) is 4.74 Å². The minimum Gasteiger partial charge on any atom is -0.497 e. The van der Waals surface area contributed by atoms with Crippen molar-refractivity contribution in [3.05, 3.63) is 54.1 Å². The molecular weight excluding hydrogens is 360 g/mol. The van der Waals surface area contributed by atoms with Crippen LogP contribution in [0.4, 0.5) is 5.69 Å². The number of hydrogen-bond donors (Lipinski definition) is 1. The summed E-state index contributed by atoms with van der Waals surface area (Å²) in [5.74, 6) is 1.37. The highest BCUT2D eigenvalue weighted by atomic mass is 32.2. The van der Waals surface area contributed by atoms with Crippen LogP contribution in [-0.2, 0) is 15.0 Å². The Labute approximate surface area is 163 Å². The molecule has 0 bridgehead atoms. The van der Waals surface area contributed by atoms with Gasteiger partial charge < -0.3 is 15.0 Å². The number of ether oxygens (including phenoxy) is 1. The molecule has 0 unspecified atom stereocenters. The Morgan fingerprint density at radius 2 is 1.96 bits per heavy atom. The molecular formula is C21H22N2O3S. The maximum Gasteiger partial charge on any atom is 0.235 e. The summed E-state index contributed by atoms with van der Waals surface area (Å²) in [4.78, 5) is 28.2. The van der Waals surface area contributed by atoms with Crippen LogP contribution in [0.2, 0.25) is 0 Å². The zero-order chi connectivity index (χ0) is 18.9. The fourth-order valence-corrected chi connectivity index (χ4v) is 4.78. The molecule has 1 N–H and O–H groups in total. The number of hydrogen-bond acceptors (Lipinski definition) is 4. The first-order valence-electron chi connectivity index (χ1n) is 9.08. The van der Waals surface area contributed by atoms with E-state index < -0.39 is 5.41 Å². The molecule has 4 rings (SSSR count). The number of nitrogens with zero attached hydrogens (tertiary/aromatic N) is 1. The van der Waals surface area contributed by atoms with Crippen molar-refractivity contribution in [3.63, 3.8) is 0 Å². The number of para-hydroxylation sites is 1. The largest absolute Gasteiger partial charge is 0.497 e. The summed E-state index contributed by atoms with van der Waals surface area (Å²) < 4.78 is 5.22. The molecule has 0 atom stereocenters. The molecule has 0 saturated carbocycles. The van der Waals surface area contributed by atoms with Gasteiger partial charge in [0, 0.05) is 23.7 Å². The first kappa shape index (κ1) is 17.9. The minimum atomic E-state index is -0.479. The average molecular weight is 382 g/mol. The third kappa shape index (κ3) is 3.30. The Balaban J connectivity index is 1.38. The van der Waals surface area contributed by atoms with Gasteiger partial charge in [-0.15, -0.1) is 11.8 Å². The van der Waals surface area contributed by atoms with Crippen molar-refractivity contribution in [1.82, 2.24) is 4.90 Å². The first-order valence-corrected chi connectivity index (χ1v) is 10.1. The van der Waals surface area contributed by atoms with Crippen LogP contribution in [0.25, 0.3) is 0 Å². The number of piperidine rings is 1. The third-order valence-corrected chi connectivity index (χ3v) is 6.48. The van der Waals surface area contributed by atoms with Crippen molar-refractivity contribution in [3.8, 4) is 5.75 Å². The predicted molar refractivity (Wildman–Crippen MR) is 106 cm³/mol. The topological polar surface area (TPSA) is 58.6 Å². The molecule has 0 aromatic heterocycles. The smallest absolute Gasteiger partial charge is 0.235 e. The Morgan fingerprint density at radius 1 is 1.19 bits per heavy atom. The summed E-state index contributed by atoms with van der Waals surface area (Å²) >= 11 is 1.51. The van der Waals surface area contributed by atoms with Gasteiger partial charge in [-0.25, -0.2) is 0 Å². The molecule has 1 spiro atoms. The predicted octanol–water partition coefficient (Wildman–Crippen LogP) is 3.30. The zero-order valence-corrected chi connectivity index (χ0v) is 16.1. The lowest BCUT2D eigenvalue weighted by Gasteiger charge is -2.38. The van der Waals surface area contributed by atoms with Gasteiger partial charge in [-0.3, -0.25) is 9.59 Å². The van der Waals surface area contributed by atoms with E-state index in [0.717, 1.165) is 21.9 Å². The fourth-order valence-electron chi connectivity index (χ4n) is 3.94. The lowest BCUT2D eigenvalue weighted by atomic mass is 9.73. The molecule has 6 heteroatoms. The van der Waals surface area contributed by atoms with Gasteiger partial charge in [0.25, 0.3) is 0 Å².